The number of hydrogen-bond donors (Lipinski definition) is 1. The molecule has 1 N–H and O–H groups in total. The van der Waals surface area contributed by atoms with Crippen LogP contribution >= 0.6 is 0 Å². The molecule has 1 aromatic heterocycles. The number of aromatic amines is 1. The van der Waals surface area contributed by atoms with Crippen molar-refractivity contribution in [2.75, 3.05) is 0 Å². The Labute approximate surface area is 128 Å². The van der Waals surface area contributed by atoms with Gasteiger partial charge in [-0.2, -0.15) is 0 Å². The summed E-state index contributed by atoms with van der Waals surface area (Å²) in [6.07, 6.45) is 4.60. The summed E-state index contributed by atoms with van der Waals surface area (Å²) in [6.45, 7) is 9.12. The number of aromatic nitrogens is 1. The molecule has 0 radical (unpaired) electrons. The number of nitrogens with one attached hydrogen (secondary N) is 1. The Morgan fingerprint density at radius 2 is 1.76 bits per heavy atom. The average molecular weight is 281 g/mol. The summed E-state index contributed by atoms with van der Waals surface area (Å²) in [6, 6.07) is 9.54. The van der Waals surface area contributed by atoms with Crippen molar-refractivity contribution < 1.29 is 0 Å². The lowest BCUT2D eigenvalue weighted by Crippen LogP contribution is -1.99. The third-order valence-electron chi connectivity index (χ3n) is 4.57. The maximum atomic E-state index is 3.65. The molecule has 0 unspecified atom stereocenters. The highest BCUT2D eigenvalue weighted by molar-refractivity contribution is 5.42. The highest BCUT2D eigenvalue weighted by Gasteiger charge is 2.17. The molecule has 0 fully saturated rings. The molecule has 1 aliphatic rings. The zero-order valence-electron chi connectivity index (χ0n) is 13.8. The Balaban J connectivity index is 1.92. The molecule has 0 spiro atoms. The van der Waals surface area contributed by atoms with E-state index in [1.807, 2.05) is 0 Å². The molecule has 1 nitrogen and oxygen atoms in total. The normalized spacial score (nSPS) is 14.2. The van der Waals surface area contributed by atoms with Crippen LogP contribution in [-0.2, 0) is 25.7 Å². The van der Waals surface area contributed by atoms with Crippen molar-refractivity contribution in [3.8, 4) is 0 Å². The summed E-state index contributed by atoms with van der Waals surface area (Å²) in [5.74, 6) is 1.31. The first-order valence-corrected chi connectivity index (χ1v) is 8.34. The van der Waals surface area contributed by atoms with Gasteiger partial charge in [-0.15, -0.1) is 0 Å². The average Bonchev–Trinajstić information content (AvgIpc) is 2.73. The molecule has 1 heterocycles. The van der Waals surface area contributed by atoms with Gasteiger partial charge in [0.15, 0.2) is 0 Å². The summed E-state index contributed by atoms with van der Waals surface area (Å²) < 4.78 is 0. The molecular weight excluding hydrogens is 254 g/mol. The van der Waals surface area contributed by atoms with Gasteiger partial charge in [-0.25, -0.2) is 0 Å². The number of fused-ring (bicyclic) bond motifs is 2. The second-order valence-electron chi connectivity index (χ2n) is 7.26. The van der Waals surface area contributed by atoms with E-state index in [4.69, 9.17) is 0 Å². The van der Waals surface area contributed by atoms with Crippen LogP contribution in [0.5, 0.6) is 0 Å². The maximum absolute atomic E-state index is 3.65. The van der Waals surface area contributed by atoms with Gasteiger partial charge < -0.3 is 4.98 Å². The van der Waals surface area contributed by atoms with Gasteiger partial charge in [-0.3, -0.25) is 0 Å². The van der Waals surface area contributed by atoms with Crippen LogP contribution in [0, 0.1) is 5.92 Å². The lowest BCUT2D eigenvalue weighted by atomic mass is 9.95. The minimum Gasteiger partial charge on any atom is -0.362 e. The van der Waals surface area contributed by atoms with E-state index >= 15 is 0 Å². The fourth-order valence-corrected chi connectivity index (χ4v) is 3.41. The van der Waals surface area contributed by atoms with Crippen molar-refractivity contribution in [3.05, 3.63) is 57.9 Å². The molecule has 0 saturated heterocycles. The van der Waals surface area contributed by atoms with Gasteiger partial charge in [0.05, 0.1) is 0 Å². The van der Waals surface area contributed by atoms with Gasteiger partial charge in [0.1, 0.15) is 0 Å². The molecule has 21 heavy (non-hydrogen) atoms. The summed E-state index contributed by atoms with van der Waals surface area (Å²) in [4.78, 5) is 3.65. The van der Waals surface area contributed by atoms with Gasteiger partial charge in [-0.05, 0) is 65.8 Å². The lowest BCUT2D eigenvalue weighted by Gasteiger charge is -2.11. The van der Waals surface area contributed by atoms with Gasteiger partial charge >= 0.3 is 0 Å². The number of rotatable bonds is 3. The minimum absolute atomic E-state index is 0.587. The van der Waals surface area contributed by atoms with Crippen molar-refractivity contribution >= 4 is 0 Å². The molecule has 1 heteroatoms. The fourth-order valence-electron chi connectivity index (χ4n) is 3.41. The third-order valence-corrected chi connectivity index (χ3v) is 4.57. The highest BCUT2D eigenvalue weighted by atomic mass is 14.7. The number of aryl methyl sites for hydroxylation is 2. The second kappa shape index (κ2) is 5.71. The van der Waals surface area contributed by atoms with Gasteiger partial charge in [0.2, 0.25) is 0 Å². The van der Waals surface area contributed by atoms with E-state index in [2.05, 4.69) is 56.9 Å². The largest absolute Gasteiger partial charge is 0.362 e. The van der Waals surface area contributed by atoms with Crippen molar-refractivity contribution in [3.63, 3.8) is 0 Å². The van der Waals surface area contributed by atoms with Gasteiger partial charge in [0, 0.05) is 11.4 Å². The van der Waals surface area contributed by atoms with E-state index in [-0.39, 0.29) is 0 Å². The highest BCUT2D eigenvalue weighted by Crippen LogP contribution is 2.28. The van der Waals surface area contributed by atoms with Crippen LogP contribution in [0.3, 0.4) is 0 Å². The van der Waals surface area contributed by atoms with E-state index in [1.165, 1.54) is 35.4 Å². The summed E-state index contributed by atoms with van der Waals surface area (Å²) in [5, 5.41) is 0. The molecule has 0 atom stereocenters. The first-order valence-electron chi connectivity index (χ1n) is 8.34. The van der Waals surface area contributed by atoms with E-state index in [9.17, 15) is 0 Å². The van der Waals surface area contributed by atoms with Crippen LogP contribution in [0.15, 0.2) is 24.3 Å². The topological polar surface area (TPSA) is 15.8 Å². The quantitative estimate of drug-likeness (QED) is 0.812. The fraction of sp³-hybridized carbons (Fsp3) is 0.500. The van der Waals surface area contributed by atoms with Crippen LogP contribution in [0.1, 0.15) is 67.3 Å². The molecule has 0 saturated carbocycles. The molecule has 1 aromatic carbocycles. The predicted octanol–water partition coefficient (Wildman–Crippen LogP) is 5.03. The number of benzene rings is 1. The van der Waals surface area contributed by atoms with Crippen LogP contribution in [0.2, 0.25) is 0 Å². The molecule has 0 aliphatic heterocycles. The van der Waals surface area contributed by atoms with Crippen LogP contribution in [0.25, 0.3) is 0 Å². The summed E-state index contributed by atoms with van der Waals surface area (Å²) >= 11 is 0. The van der Waals surface area contributed by atoms with Crippen molar-refractivity contribution in [2.24, 2.45) is 5.92 Å². The summed E-state index contributed by atoms with van der Waals surface area (Å²) in [5.41, 5.74) is 8.94. The SMILES string of the molecule is CC(C)Cc1ccc2c(c1)Cc1cc(C(C)C)[nH]c1CC2. The van der Waals surface area contributed by atoms with Crippen LogP contribution < -0.4 is 0 Å². The molecule has 112 valence electrons. The molecule has 2 aromatic rings. The number of H-pyrrole nitrogens is 1. The zero-order valence-corrected chi connectivity index (χ0v) is 13.8. The van der Waals surface area contributed by atoms with Crippen molar-refractivity contribution in [1.29, 1.82) is 0 Å². The zero-order chi connectivity index (χ0) is 15.0. The van der Waals surface area contributed by atoms with E-state index in [0.29, 0.717) is 5.92 Å². The lowest BCUT2D eigenvalue weighted by molar-refractivity contribution is 0.646. The Morgan fingerprint density at radius 3 is 2.48 bits per heavy atom. The molecule has 3 rings (SSSR count). The molecule has 1 aliphatic carbocycles. The van der Waals surface area contributed by atoms with Crippen molar-refractivity contribution in [1.82, 2.24) is 4.98 Å². The first kappa shape index (κ1) is 14.4. The standard InChI is InChI=1S/C20H27N/c1-13(2)9-15-5-6-16-7-8-19-18(11-17(16)10-15)12-20(21-19)14(3)4/h5-6,10,12-14,21H,7-9,11H2,1-4H3. The van der Waals surface area contributed by atoms with E-state index < -0.39 is 0 Å². The third kappa shape index (κ3) is 3.07. The van der Waals surface area contributed by atoms with Gasteiger partial charge in [-0.1, -0.05) is 45.9 Å². The second-order valence-corrected chi connectivity index (χ2v) is 7.26. The smallest absolute Gasteiger partial charge is 0.0188 e. The van der Waals surface area contributed by atoms with Crippen LogP contribution in [-0.4, -0.2) is 4.98 Å². The van der Waals surface area contributed by atoms with E-state index in [0.717, 1.165) is 18.8 Å². The summed E-state index contributed by atoms with van der Waals surface area (Å²) in [7, 11) is 0. The molecule has 0 amide bonds. The van der Waals surface area contributed by atoms with Crippen LogP contribution in [0.4, 0.5) is 0 Å². The minimum atomic E-state index is 0.587. The molecular formula is C20H27N. The Kier molecular flexibility index (Phi) is 3.93. The number of hydrogen-bond acceptors (Lipinski definition) is 0. The molecule has 0 bridgehead atoms. The Morgan fingerprint density at radius 1 is 0.952 bits per heavy atom. The predicted molar refractivity (Wildman–Crippen MR) is 90.1 cm³/mol. The van der Waals surface area contributed by atoms with E-state index in [1.54, 1.807) is 11.1 Å². The Bertz CT molecular complexity index is 631. The maximum Gasteiger partial charge on any atom is 0.0188 e. The van der Waals surface area contributed by atoms with Crippen molar-refractivity contribution in [2.45, 2.75) is 59.3 Å². The van der Waals surface area contributed by atoms with Gasteiger partial charge in [0.25, 0.3) is 0 Å². The monoisotopic (exact) mass is 281 g/mol. The first-order chi connectivity index (χ1) is 10.0. The Hall–Kier alpha value is -1.50.